The van der Waals surface area contributed by atoms with Crippen molar-refractivity contribution in [3.63, 3.8) is 0 Å². The number of hydrogen-bond donors (Lipinski definition) is 2. The molecule has 1 aliphatic heterocycles. The lowest BCUT2D eigenvalue weighted by molar-refractivity contribution is -0.148. The van der Waals surface area contributed by atoms with Gasteiger partial charge in [-0.25, -0.2) is 0 Å². The summed E-state index contributed by atoms with van der Waals surface area (Å²) in [6.07, 6.45) is 3.05. The third-order valence-electron chi connectivity index (χ3n) is 3.24. The second kappa shape index (κ2) is 5.62. The van der Waals surface area contributed by atoms with Crippen LogP contribution in [0.4, 0.5) is 5.82 Å². The predicted octanol–water partition coefficient (Wildman–Crippen LogP) is 1.17. The Hall–Kier alpha value is -1.89. The van der Waals surface area contributed by atoms with E-state index in [2.05, 4.69) is 15.3 Å². The van der Waals surface area contributed by atoms with Crippen molar-refractivity contribution in [2.24, 2.45) is 5.41 Å². The van der Waals surface area contributed by atoms with Crippen LogP contribution in [0.3, 0.4) is 0 Å². The highest BCUT2D eigenvalue weighted by Crippen LogP contribution is 2.31. The molecule has 1 aromatic rings. The van der Waals surface area contributed by atoms with Crippen LogP contribution in [-0.2, 0) is 9.53 Å². The van der Waals surface area contributed by atoms with Crippen LogP contribution in [0.15, 0.2) is 12.4 Å². The zero-order valence-corrected chi connectivity index (χ0v) is 11.8. The fourth-order valence-corrected chi connectivity index (χ4v) is 1.98. The van der Waals surface area contributed by atoms with Crippen LogP contribution in [-0.4, -0.2) is 46.4 Å². The molecule has 0 aromatic carbocycles. The van der Waals surface area contributed by atoms with Gasteiger partial charge in [0.1, 0.15) is 11.2 Å². The minimum Gasteiger partial charge on any atom is -0.481 e. The normalized spacial score (nSPS) is 25.7. The van der Waals surface area contributed by atoms with E-state index in [-0.39, 0.29) is 18.8 Å². The van der Waals surface area contributed by atoms with E-state index in [1.54, 1.807) is 6.92 Å². The van der Waals surface area contributed by atoms with E-state index in [0.717, 1.165) is 0 Å². The molecule has 0 amide bonds. The van der Waals surface area contributed by atoms with E-state index in [4.69, 9.17) is 9.47 Å². The van der Waals surface area contributed by atoms with Gasteiger partial charge in [0, 0.05) is 0 Å². The van der Waals surface area contributed by atoms with Crippen LogP contribution in [0, 0.1) is 5.41 Å². The van der Waals surface area contributed by atoms with Crippen LogP contribution in [0.25, 0.3) is 0 Å². The smallest absolute Gasteiger partial charge is 0.313 e. The molecule has 7 heteroatoms. The fraction of sp³-hybridized carbons (Fsp3) is 0.615. The second-order valence-electron chi connectivity index (χ2n) is 5.34. The van der Waals surface area contributed by atoms with Crippen LogP contribution in [0.5, 0.6) is 5.88 Å². The highest BCUT2D eigenvalue weighted by molar-refractivity contribution is 5.76. The lowest BCUT2D eigenvalue weighted by Gasteiger charge is -2.25. The zero-order chi connectivity index (χ0) is 14.8. The van der Waals surface area contributed by atoms with Gasteiger partial charge in [0.15, 0.2) is 0 Å². The number of hydrogen-bond acceptors (Lipinski definition) is 6. The number of carbonyl (C=O) groups is 1. The Bertz CT molecular complexity index is 494. The van der Waals surface area contributed by atoms with Crippen molar-refractivity contribution < 1.29 is 19.4 Å². The van der Waals surface area contributed by atoms with Crippen molar-refractivity contribution >= 4 is 11.8 Å². The van der Waals surface area contributed by atoms with Gasteiger partial charge in [-0.1, -0.05) is 0 Å². The van der Waals surface area contributed by atoms with Gasteiger partial charge in [0.05, 0.1) is 37.8 Å². The molecule has 0 aliphatic carbocycles. The number of ether oxygens (including phenoxy) is 2. The van der Waals surface area contributed by atoms with E-state index in [0.29, 0.717) is 18.3 Å². The van der Waals surface area contributed by atoms with Gasteiger partial charge in [-0.2, -0.15) is 4.98 Å². The molecule has 0 bridgehead atoms. The molecule has 1 fully saturated rings. The fourth-order valence-electron chi connectivity index (χ4n) is 1.98. The zero-order valence-electron chi connectivity index (χ0n) is 11.8. The topological polar surface area (TPSA) is 93.6 Å². The van der Waals surface area contributed by atoms with Crippen LogP contribution >= 0.6 is 0 Å². The van der Waals surface area contributed by atoms with Gasteiger partial charge in [-0.3, -0.25) is 9.78 Å². The number of carboxylic acid groups (broad SMARTS) is 1. The van der Waals surface area contributed by atoms with Gasteiger partial charge in [-0.15, -0.1) is 0 Å². The quantitative estimate of drug-likeness (QED) is 0.836. The SMILES string of the molecule is CC(C)Oc1cncc(NC2COCC2(C)C(=O)O)n1. The molecule has 0 radical (unpaired) electrons. The number of aliphatic carboxylic acids is 1. The summed E-state index contributed by atoms with van der Waals surface area (Å²) in [4.78, 5) is 19.6. The molecule has 2 rings (SSSR count). The Balaban J connectivity index is 2.11. The Morgan fingerprint density at radius 2 is 2.35 bits per heavy atom. The lowest BCUT2D eigenvalue weighted by atomic mass is 9.85. The number of aromatic nitrogens is 2. The van der Waals surface area contributed by atoms with E-state index in [9.17, 15) is 9.90 Å². The molecule has 2 heterocycles. The maximum absolute atomic E-state index is 11.4. The first-order valence-corrected chi connectivity index (χ1v) is 6.48. The predicted molar refractivity (Wildman–Crippen MR) is 71.8 cm³/mol. The standard InChI is InChI=1S/C13H19N3O4/c1-8(2)20-11-5-14-4-10(16-11)15-9-6-19-7-13(9,3)12(17)18/h4-5,8-9H,6-7H2,1-3H3,(H,15,16)(H,17,18). The first-order chi connectivity index (χ1) is 9.41. The summed E-state index contributed by atoms with van der Waals surface area (Å²) in [6, 6.07) is -0.358. The summed E-state index contributed by atoms with van der Waals surface area (Å²) < 4.78 is 10.7. The molecule has 1 aromatic heterocycles. The molecular weight excluding hydrogens is 262 g/mol. The minimum absolute atomic E-state index is 0.00125. The Labute approximate surface area is 117 Å². The maximum Gasteiger partial charge on any atom is 0.313 e. The lowest BCUT2D eigenvalue weighted by Crippen LogP contribution is -2.43. The molecule has 0 spiro atoms. The maximum atomic E-state index is 11.4. The molecule has 2 atom stereocenters. The molecule has 2 N–H and O–H groups in total. The monoisotopic (exact) mass is 281 g/mol. The van der Waals surface area contributed by atoms with Gasteiger partial charge in [-0.05, 0) is 20.8 Å². The van der Waals surface area contributed by atoms with Gasteiger partial charge < -0.3 is 19.9 Å². The average molecular weight is 281 g/mol. The third-order valence-corrected chi connectivity index (χ3v) is 3.24. The molecular formula is C13H19N3O4. The summed E-state index contributed by atoms with van der Waals surface area (Å²) in [5.74, 6) is -0.0119. The number of nitrogens with zero attached hydrogens (tertiary/aromatic N) is 2. The minimum atomic E-state index is -0.976. The van der Waals surface area contributed by atoms with Crippen LogP contribution in [0.2, 0.25) is 0 Å². The van der Waals surface area contributed by atoms with Crippen molar-refractivity contribution in [3.8, 4) is 5.88 Å². The van der Waals surface area contributed by atoms with Crippen LogP contribution < -0.4 is 10.1 Å². The highest BCUT2D eigenvalue weighted by atomic mass is 16.5. The van der Waals surface area contributed by atoms with Crippen molar-refractivity contribution in [1.29, 1.82) is 0 Å². The number of rotatable bonds is 5. The number of carboxylic acids is 1. The number of nitrogens with one attached hydrogen (secondary N) is 1. The largest absolute Gasteiger partial charge is 0.481 e. The first-order valence-electron chi connectivity index (χ1n) is 6.48. The van der Waals surface area contributed by atoms with Gasteiger partial charge >= 0.3 is 5.97 Å². The van der Waals surface area contributed by atoms with E-state index < -0.39 is 11.4 Å². The summed E-state index contributed by atoms with van der Waals surface area (Å²) in [7, 11) is 0. The van der Waals surface area contributed by atoms with Gasteiger partial charge in [0.2, 0.25) is 5.88 Å². The van der Waals surface area contributed by atoms with Crippen molar-refractivity contribution in [2.75, 3.05) is 18.5 Å². The van der Waals surface area contributed by atoms with Crippen molar-refractivity contribution in [1.82, 2.24) is 9.97 Å². The molecule has 2 unspecified atom stereocenters. The summed E-state index contributed by atoms with van der Waals surface area (Å²) >= 11 is 0. The first kappa shape index (κ1) is 14.5. The second-order valence-corrected chi connectivity index (χ2v) is 5.34. The summed E-state index contributed by atoms with van der Waals surface area (Å²) in [5.41, 5.74) is -0.976. The Morgan fingerprint density at radius 3 is 3.00 bits per heavy atom. The highest BCUT2D eigenvalue weighted by Gasteiger charge is 2.46. The number of anilines is 1. The van der Waals surface area contributed by atoms with E-state index in [1.165, 1.54) is 12.4 Å². The van der Waals surface area contributed by atoms with Gasteiger partial charge in [0.25, 0.3) is 0 Å². The molecule has 7 nitrogen and oxygen atoms in total. The van der Waals surface area contributed by atoms with Crippen molar-refractivity contribution in [2.45, 2.75) is 32.9 Å². The van der Waals surface area contributed by atoms with E-state index in [1.807, 2.05) is 13.8 Å². The molecule has 1 aliphatic rings. The van der Waals surface area contributed by atoms with Crippen LogP contribution in [0.1, 0.15) is 20.8 Å². The average Bonchev–Trinajstić information content (AvgIpc) is 2.72. The van der Waals surface area contributed by atoms with Crippen molar-refractivity contribution in [3.05, 3.63) is 12.4 Å². The molecule has 1 saturated heterocycles. The Morgan fingerprint density at radius 1 is 1.60 bits per heavy atom. The third kappa shape index (κ3) is 2.98. The molecule has 0 saturated carbocycles. The summed E-state index contributed by atoms with van der Waals surface area (Å²) in [5, 5.41) is 12.4. The van der Waals surface area contributed by atoms with E-state index >= 15 is 0 Å². The Kier molecular flexibility index (Phi) is 4.08. The summed E-state index contributed by atoms with van der Waals surface area (Å²) in [6.45, 7) is 5.94. The molecule has 20 heavy (non-hydrogen) atoms. The molecule has 110 valence electrons.